The third kappa shape index (κ3) is 3.93. The van der Waals surface area contributed by atoms with Gasteiger partial charge in [-0.25, -0.2) is 0 Å². The highest BCUT2D eigenvalue weighted by Gasteiger charge is 2.08. The van der Waals surface area contributed by atoms with Crippen molar-refractivity contribution in [3.63, 3.8) is 0 Å². The molecule has 1 aromatic rings. The van der Waals surface area contributed by atoms with Gasteiger partial charge in [0.15, 0.2) is 0 Å². The number of rotatable bonds is 5. The van der Waals surface area contributed by atoms with E-state index in [4.69, 9.17) is 10.5 Å². The van der Waals surface area contributed by atoms with E-state index in [-0.39, 0.29) is 5.12 Å². The normalized spacial score (nSPS) is 12.2. The van der Waals surface area contributed by atoms with Crippen LogP contribution in [0.15, 0.2) is 24.3 Å². The first-order valence-electron chi connectivity index (χ1n) is 4.75. The molecule has 0 aliphatic rings. The Morgan fingerprint density at radius 3 is 2.53 bits per heavy atom. The Morgan fingerprint density at radius 1 is 1.47 bits per heavy atom. The highest BCUT2D eigenvalue weighted by atomic mass is 32.1. The van der Waals surface area contributed by atoms with Crippen LogP contribution in [-0.2, 0) is 11.2 Å². The molecule has 1 atom stereocenters. The van der Waals surface area contributed by atoms with Crippen LogP contribution in [0.2, 0.25) is 0 Å². The lowest BCUT2D eigenvalue weighted by atomic mass is 10.1. The van der Waals surface area contributed by atoms with Crippen molar-refractivity contribution in [3.8, 4) is 5.75 Å². The molecule has 1 rings (SSSR count). The van der Waals surface area contributed by atoms with Crippen LogP contribution in [0.1, 0.15) is 12.0 Å². The lowest BCUT2D eigenvalue weighted by Gasteiger charge is -2.07. The molecule has 0 aromatic heterocycles. The Balaban J connectivity index is 2.47. The van der Waals surface area contributed by atoms with E-state index >= 15 is 0 Å². The van der Waals surface area contributed by atoms with E-state index in [1.54, 1.807) is 7.11 Å². The maximum absolute atomic E-state index is 10.8. The molecule has 0 unspecified atom stereocenters. The van der Waals surface area contributed by atoms with E-state index in [1.807, 2.05) is 24.3 Å². The Bertz CT molecular complexity index is 324. The molecular weight excluding hydrogens is 210 g/mol. The fourth-order valence-electron chi connectivity index (χ4n) is 1.24. The first-order valence-corrected chi connectivity index (χ1v) is 5.19. The van der Waals surface area contributed by atoms with Crippen molar-refractivity contribution in [1.29, 1.82) is 0 Å². The van der Waals surface area contributed by atoms with E-state index in [0.29, 0.717) is 6.42 Å². The third-order valence-electron chi connectivity index (χ3n) is 2.22. The number of benzene rings is 1. The van der Waals surface area contributed by atoms with Crippen molar-refractivity contribution in [2.24, 2.45) is 5.73 Å². The molecule has 0 spiro atoms. The molecule has 0 saturated carbocycles. The summed E-state index contributed by atoms with van der Waals surface area (Å²) in [5.74, 6) is 0.827. The molecule has 0 bridgehead atoms. The fourth-order valence-corrected chi connectivity index (χ4v) is 1.37. The standard InChI is InChI=1S/C11H15NO2S/c1-14-9-5-2-8(3-6-9)4-7-10(12)11(13)15/h2-3,5-6,10H,4,7,12H2,1H3,(H,13,15)/t10-/m0/s1. The third-order valence-corrected chi connectivity index (χ3v) is 2.55. The number of ether oxygens (including phenoxy) is 1. The van der Waals surface area contributed by atoms with Gasteiger partial charge in [-0.3, -0.25) is 4.79 Å². The summed E-state index contributed by atoms with van der Waals surface area (Å²) in [7, 11) is 1.63. The smallest absolute Gasteiger partial charge is 0.202 e. The Kier molecular flexibility index (Phi) is 4.65. The van der Waals surface area contributed by atoms with Gasteiger partial charge >= 0.3 is 0 Å². The van der Waals surface area contributed by atoms with E-state index < -0.39 is 6.04 Å². The zero-order chi connectivity index (χ0) is 11.3. The second-order valence-corrected chi connectivity index (χ2v) is 3.77. The quantitative estimate of drug-likeness (QED) is 0.745. The molecule has 1 aromatic carbocycles. The maximum Gasteiger partial charge on any atom is 0.202 e. The summed E-state index contributed by atoms with van der Waals surface area (Å²) in [5, 5.41) is -0.261. The molecule has 0 radical (unpaired) electrons. The molecule has 0 saturated heterocycles. The summed E-state index contributed by atoms with van der Waals surface area (Å²) in [4.78, 5) is 10.8. The second kappa shape index (κ2) is 5.78. The van der Waals surface area contributed by atoms with E-state index in [9.17, 15) is 4.79 Å². The van der Waals surface area contributed by atoms with E-state index in [2.05, 4.69) is 12.6 Å². The minimum absolute atomic E-state index is 0.261. The Labute approximate surface area is 95.0 Å². The number of hydrogen-bond acceptors (Lipinski definition) is 3. The first kappa shape index (κ1) is 12.1. The lowest BCUT2D eigenvalue weighted by Crippen LogP contribution is -2.27. The summed E-state index contributed by atoms with van der Waals surface area (Å²) in [6, 6.07) is 7.24. The predicted octanol–water partition coefficient (Wildman–Crippen LogP) is 1.41. The van der Waals surface area contributed by atoms with E-state index in [1.165, 1.54) is 0 Å². The van der Waals surface area contributed by atoms with Gasteiger partial charge in [0.25, 0.3) is 0 Å². The fraction of sp³-hybridized carbons (Fsp3) is 0.364. The lowest BCUT2D eigenvalue weighted by molar-refractivity contribution is -0.112. The average Bonchev–Trinajstić information content (AvgIpc) is 2.26. The molecule has 2 N–H and O–H groups in total. The van der Waals surface area contributed by atoms with Gasteiger partial charge in [0.2, 0.25) is 5.12 Å². The van der Waals surface area contributed by atoms with Crippen molar-refractivity contribution in [2.45, 2.75) is 18.9 Å². The van der Waals surface area contributed by atoms with Gasteiger partial charge in [-0.05, 0) is 30.5 Å². The van der Waals surface area contributed by atoms with Crippen LogP contribution in [0, 0.1) is 0 Å². The summed E-state index contributed by atoms with van der Waals surface area (Å²) in [5.41, 5.74) is 6.71. The van der Waals surface area contributed by atoms with Crippen molar-refractivity contribution in [3.05, 3.63) is 29.8 Å². The Morgan fingerprint density at radius 2 is 2.07 bits per heavy atom. The molecule has 15 heavy (non-hydrogen) atoms. The largest absolute Gasteiger partial charge is 0.497 e. The maximum atomic E-state index is 10.8. The minimum atomic E-state index is -0.476. The number of hydrogen-bond donors (Lipinski definition) is 2. The van der Waals surface area contributed by atoms with Crippen LogP contribution >= 0.6 is 12.6 Å². The van der Waals surface area contributed by atoms with Gasteiger partial charge < -0.3 is 10.5 Å². The molecule has 3 nitrogen and oxygen atoms in total. The van der Waals surface area contributed by atoms with Gasteiger partial charge in [0.05, 0.1) is 13.2 Å². The topological polar surface area (TPSA) is 52.3 Å². The molecule has 0 aliphatic heterocycles. The molecule has 4 heteroatoms. The summed E-state index contributed by atoms with van der Waals surface area (Å²) < 4.78 is 5.04. The monoisotopic (exact) mass is 225 g/mol. The summed E-state index contributed by atoms with van der Waals surface area (Å²) >= 11 is 3.69. The highest BCUT2D eigenvalue weighted by molar-refractivity contribution is 7.96. The molecule has 0 fully saturated rings. The van der Waals surface area contributed by atoms with Crippen LogP contribution in [0.5, 0.6) is 5.75 Å². The van der Waals surface area contributed by atoms with Crippen LogP contribution in [-0.4, -0.2) is 18.3 Å². The van der Waals surface area contributed by atoms with Crippen molar-refractivity contribution >= 4 is 17.7 Å². The van der Waals surface area contributed by atoms with Gasteiger partial charge in [0.1, 0.15) is 5.75 Å². The zero-order valence-corrected chi connectivity index (χ0v) is 9.54. The van der Waals surface area contributed by atoms with Crippen LogP contribution < -0.4 is 10.5 Å². The number of carbonyl (C=O) groups excluding carboxylic acids is 1. The molecule has 0 aliphatic carbocycles. The average molecular weight is 225 g/mol. The number of carbonyl (C=O) groups is 1. The zero-order valence-electron chi connectivity index (χ0n) is 8.64. The van der Waals surface area contributed by atoms with Gasteiger partial charge in [0, 0.05) is 0 Å². The predicted molar refractivity (Wildman–Crippen MR) is 63.3 cm³/mol. The number of methoxy groups -OCH3 is 1. The van der Waals surface area contributed by atoms with Crippen LogP contribution in [0.4, 0.5) is 0 Å². The minimum Gasteiger partial charge on any atom is -0.497 e. The molecule has 82 valence electrons. The van der Waals surface area contributed by atoms with Crippen molar-refractivity contribution in [2.75, 3.05) is 7.11 Å². The molecular formula is C11H15NO2S. The Hall–Kier alpha value is -1.00. The van der Waals surface area contributed by atoms with Gasteiger partial charge in [-0.1, -0.05) is 12.1 Å². The van der Waals surface area contributed by atoms with Gasteiger partial charge in [-0.2, -0.15) is 0 Å². The van der Waals surface area contributed by atoms with Crippen LogP contribution in [0.3, 0.4) is 0 Å². The summed E-state index contributed by atoms with van der Waals surface area (Å²) in [6.45, 7) is 0. The number of thiol groups is 1. The SMILES string of the molecule is COc1ccc(CC[C@H](N)C(=O)S)cc1. The highest BCUT2D eigenvalue weighted by Crippen LogP contribution is 2.13. The number of aryl methyl sites for hydroxylation is 1. The van der Waals surface area contributed by atoms with Gasteiger partial charge in [-0.15, -0.1) is 12.6 Å². The number of nitrogens with two attached hydrogens (primary N) is 1. The van der Waals surface area contributed by atoms with Crippen molar-refractivity contribution < 1.29 is 9.53 Å². The molecule has 0 amide bonds. The molecule has 0 heterocycles. The second-order valence-electron chi connectivity index (χ2n) is 3.33. The first-order chi connectivity index (χ1) is 7.13. The van der Waals surface area contributed by atoms with E-state index in [0.717, 1.165) is 17.7 Å². The van der Waals surface area contributed by atoms with Crippen molar-refractivity contribution in [1.82, 2.24) is 0 Å². The summed E-state index contributed by atoms with van der Waals surface area (Å²) in [6.07, 6.45) is 1.39. The van der Waals surface area contributed by atoms with Crippen LogP contribution in [0.25, 0.3) is 0 Å².